The molecule has 6 nitrogen and oxygen atoms in total. The fraction of sp³-hybridized carbons (Fsp3) is 0.692. The van der Waals surface area contributed by atoms with Crippen LogP contribution in [-0.4, -0.2) is 49.5 Å². The molecule has 0 aromatic carbocycles. The van der Waals surface area contributed by atoms with Crippen LogP contribution in [0.25, 0.3) is 0 Å². The minimum absolute atomic E-state index is 0.0939. The first-order valence-electron chi connectivity index (χ1n) is 6.80. The maximum atomic E-state index is 5.59. The summed E-state index contributed by atoms with van der Waals surface area (Å²) in [7, 11) is 1.86. The molecule has 0 amide bonds. The Kier molecular flexibility index (Phi) is 5.35. The number of aromatic nitrogens is 2. The van der Waals surface area contributed by atoms with Crippen molar-refractivity contribution in [2.45, 2.75) is 25.9 Å². The molecule has 2 N–H and O–H groups in total. The van der Waals surface area contributed by atoms with Crippen molar-refractivity contribution in [2.24, 2.45) is 0 Å². The number of aryl methyl sites for hydroxylation is 1. The normalized spacial score (nSPS) is 19.2. The zero-order valence-electron chi connectivity index (χ0n) is 11.6. The van der Waals surface area contributed by atoms with Gasteiger partial charge in [0.15, 0.2) is 0 Å². The minimum atomic E-state index is 0.0939. The molecule has 2 heterocycles. The number of anilines is 2. The smallest absolute Gasteiger partial charge is 0.133 e. The molecule has 1 fully saturated rings. The molecule has 1 aliphatic rings. The molecule has 6 heteroatoms. The summed E-state index contributed by atoms with van der Waals surface area (Å²) in [5.41, 5.74) is 0. The molecular weight excluding hydrogens is 244 g/mol. The highest BCUT2D eigenvalue weighted by Gasteiger charge is 2.14. The standard InChI is InChI=1S/C13H22N4O2/c1-3-4-11-16-12(14-2)7-13(17-11)15-8-10-9-18-5-6-19-10/h7,10H,3-6,8-9H2,1-2H3,(H2,14,15,16,17). The Labute approximate surface area is 113 Å². The average Bonchev–Trinajstić information content (AvgIpc) is 2.46. The molecule has 1 aromatic rings. The second-order valence-corrected chi connectivity index (χ2v) is 4.50. The Morgan fingerprint density at radius 1 is 1.32 bits per heavy atom. The number of rotatable bonds is 6. The highest BCUT2D eigenvalue weighted by atomic mass is 16.6. The van der Waals surface area contributed by atoms with Crippen molar-refractivity contribution in [3.05, 3.63) is 11.9 Å². The maximum Gasteiger partial charge on any atom is 0.133 e. The van der Waals surface area contributed by atoms with Gasteiger partial charge in [0.2, 0.25) is 0 Å². The summed E-state index contributed by atoms with van der Waals surface area (Å²) >= 11 is 0. The summed E-state index contributed by atoms with van der Waals surface area (Å²) in [6.45, 7) is 4.81. The predicted octanol–water partition coefficient (Wildman–Crippen LogP) is 1.30. The monoisotopic (exact) mass is 266 g/mol. The highest BCUT2D eigenvalue weighted by molar-refractivity contribution is 5.47. The van der Waals surface area contributed by atoms with Crippen LogP contribution in [0, 0.1) is 0 Å². The van der Waals surface area contributed by atoms with Crippen molar-refractivity contribution in [3.8, 4) is 0 Å². The molecule has 0 radical (unpaired) electrons. The van der Waals surface area contributed by atoms with Gasteiger partial charge in [0, 0.05) is 26.1 Å². The second-order valence-electron chi connectivity index (χ2n) is 4.50. The Balaban J connectivity index is 1.95. The Morgan fingerprint density at radius 2 is 2.16 bits per heavy atom. The van der Waals surface area contributed by atoms with Crippen LogP contribution < -0.4 is 10.6 Å². The molecule has 1 atom stereocenters. The van der Waals surface area contributed by atoms with Crippen LogP contribution in [0.3, 0.4) is 0 Å². The van der Waals surface area contributed by atoms with Crippen molar-refractivity contribution in [1.82, 2.24) is 9.97 Å². The van der Waals surface area contributed by atoms with Crippen LogP contribution in [0.4, 0.5) is 11.6 Å². The molecule has 1 saturated heterocycles. The van der Waals surface area contributed by atoms with Gasteiger partial charge in [-0.1, -0.05) is 6.92 Å². The molecule has 1 aromatic heterocycles. The number of hydrogen-bond donors (Lipinski definition) is 2. The summed E-state index contributed by atoms with van der Waals surface area (Å²) < 4.78 is 11.0. The van der Waals surface area contributed by atoms with E-state index >= 15 is 0 Å². The van der Waals surface area contributed by atoms with Crippen LogP contribution >= 0.6 is 0 Å². The second kappa shape index (κ2) is 7.25. The fourth-order valence-electron chi connectivity index (χ4n) is 1.92. The van der Waals surface area contributed by atoms with Crippen molar-refractivity contribution < 1.29 is 9.47 Å². The zero-order valence-corrected chi connectivity index (χ0v) is 11.6. The molecular formula is C13H22N4O2. The number of nitrogens with zero attached hydrogens (tertiary/aromatic N) is 2. The van der Waals surface area contributed by atoms with Crippen LogP contribution in [0.5, 0.6) is 0 Å². The first-order chi connectivity index (χ1) is 9.31. The zero-order chi connectivity index (χ0) is 13.5. The molecule has 0 aliphatic carbocycles. The average molecular weight is 266 g/mol. The third-order valence-electron chi connectivity index (χ3n) is 2.90. The summed E-state index contributed by atoms with van der Waals surface area (Å²) in [6, 6.07) is 1.91. The van der Waals surface area contributed by atoms with Gasteiger partial charge in [0.25, 0.3) is 0 Å². The van der Waals surface area contributed by atoms with E-state index in [-0.39, 0.29) is 6.10 Å². The number of ether oxygens (including phenoxy) is 2. The van der Waals surface area contributed by atoms with Crippen molar-refractivity contribution in [2.75, 3.05) is 44.0 Å². The molecule has 0 bridgehead atoms. The van der Waals surface area contributed by atoms with Crippen molar-refractivity contribution >= 4 is 11.6 Å². The van der Waals surface area contributed by atoms with E-state index in [2.05, 4.69) is 27.5 Å². The minimum Gasteiger partial charge on any atom is -0.376 e. The summed E-state index contributed by atoms with van der Waals surface area (Å²) in [6.07, 6.45) is 2.01. The van der Waals surface area contributed by atoms with Crippen LogP contribution in [0.15, 0.2) is 6.07 Å². The first kappa shape index (κ1) is 14.0. The molecule has 2 rings (SSSR count). The summed E-state index contributed by atoms with van der Waals surface area (Å²) in [5, 5.41) is 6.35. The van der Waals surface area contributed by atoms with Crippen LogP contribution in [0.1, 0.15) is 19.2 Å². The topological polar surface area (TPSA) is 68.3 Å². The quantitative estimate of drug-likeness (QED) is 0.809. The van der Waals surface area contributed by atoms with Gasteiger partial charge in [-0.05, 0) is 6.42 Å². The van der Waals surface area contributed by atoms with Crippen molar-refractivity contribution in [3.63, 3.8) is 0 Å². The number of hydrogen-bond acceptors (Lipinski definition) is 6. The van der Waals surface area contributed by atoms with Gasteiger partial charge in [-0.25, -0.2) is 9.97 Å². The van der Waals surface area contributed by atoms with Gasteiger partial charge in [0.05, 0.1) is 25.9 Å². The molecule has 1 unspecified atom stereocenters. The molecule has 106 valence electrons. The predicted molar refractivity (Wildman–Crippen MR) is 74.6 cm³/mol. The van der Waals surface area contributed by atoms with E-state index in [1.54, 1.807) is 0 Å². The lowest BCUT2D eigenvalue weighted by molar-refractivity contribution is -0.0819. The third kappa shape index (κ3) is 4.33. The van der Waals surface area contributed by atoms with Gasteiger partial charge in [-0.2, -0.15) is 0 Å². The van der Waals surface area contributed by atoms with Gasteiger partial charge >= 0.3 is 0 Å². The molecule has 0 saturated carbocycles. The fourth-order valence-corrected chi connectivity index (χ4v) is 1.92. The van der Waals surface area contributed by atoms with Crippen molar-refractivity contribution in [1.29, 1.82) is 0 Å². The van der Waals surface area contributed by atoms with E-state index in [0.717, 1.165) is 30.3 Å². The Bertz CT molecular complexity index is 394. The van der Waals surface area contributed by atoms with E-state index in [4.69, 9.17) is 9.47 Å². The van der Waals surface area contributed by atoms with Gasteiger partial charge in [-0.15, -0.1) is 0 Å². The van der Waals surface area contributed by atoms with Crippen LogP contribution in [0.2, 0.25) is 0 Å². The molecule has 1 aliphatic heterocycles. The Morgan fingerprint density at radius 3 is 2.84 bits per heavy atom. The van der Waals surface area contributed by atoms with Gasteiger partial charge in [0.1, 0.15) is 17.5 Å². The van der Waals surface area contributed by atoms with E-state index in [0.29, 0.717) is 26.4 Å². The van der Waals surface area contributed by atoms with E-state index in [1.807, 2.05) is 13.1 Å². The third-order valence-corrected chi connectivity index (χ3v) is 2.90. The first-order valence-corrected chi connectivity index (χ1v) is 6.80. The Hall–Kier alpha value is -1.40. The molecule has 19 heavy (non-hydrogen) atoms. The number of nitrogens with one attached hydrogen (secondary N) is 2. The lowest BCUT2D eigenvalue weighted by Gasteiger charge is -2.23. The van der Waals surface area contributed by atoms with E-state index in [9.17, 15) is 0 Å². The maximum absolute atomic E-state index is 5.59. The van der Waals surface area contributed by atoms with Gasteiger partial charge in [-0.3, -0.25) is 0 Å². The largest absolute Gasteiger partial charge is 0.376 e. The van der Waals surface area contributed by atoms with Crippen LogP contribution in [-0.2, 0) is 15.9 Å². The van der Waals surface area contributed by atoms with E-state index in [1.165, 1.54) is 0 Å². The SMILES string of the molecule is CCCc1nc(NC)cc(NCC2COCCO2)n1. The van der Waals surface area contributed by atoms with E-state index < -0.39 is 0 Å². The highest BCUT2D eigenvalue weighted by Crippen LogP contribution is 2.12. The molecule has 0 spiro atoms. The lowest BCUT2D eigenvalue weighted by Crippen LogP contribution is -2.34. The lowest BCUT2D eigenvalue weighted by atomic mass is 10.3. The van der Waals surface area contributed by atoms with Gasteiger partial charge < -0.3 is 20.1 Å². The summed E-state index contributed by atoms with van der Waals surface area (Å²) in [5.74, 6) is 2.52. The summed E-state index contributed by atoms with van der Waals surface area (Å²) in [4.78, 5) is 8.92.